The van der Waals surface area contributed by atoms with Crippen molar-refractivity contribution in [3.63, 3.8) is 0 Å². The molecule has 0 aliphatic rings. The molecule has 0 heterocycles. The fourth-order valence-corrected chi connectivity index (χ4v) is 3.55. The highest BCUT2D eigenvalue weighted by Gasteiger charge is 2.01. The van der Waals surface area contributed by atoms with Gasteiger partial charge in [-0.25, -0.2) is 0 Å². The molecule has 0 rings (SSSR count). The van der Waals surface area contributed by atoms with Crippen molar-refractivity contribution in [2.75, 3.05) is 0 Å². The highest BCUT2D eigenvalue weighted by Crippen LogP contribution is 2.18. The Hall–Kier alpha value is -1.40. The van der Waals surface area contributed by atoms with Gasteiger partial charge in [0.05, 0.1) is 0 Å². The number of unbranched alkanes of at least 4 members (excludes halogenated alkanes) is 13. The van der Waals surface area contributed by atoms with Crippen LogP contribution in [0.4, 0.5) is 0 Å². The molecular weight excluding hydrogens is 324 g/mol. The first-order valence-corrected chi connectivity index (χ1v) is 11.5. The van der Waals surface area contributed by atoms with Gasteiger partial charge in [-0.3, -0.25) is 0 Å². The average molecular weight is 369 g/mol. The summed E-state index contributed by atoms with van der Waals surface area (Å²) in [7, 11) is 0. The largest absolute Gasteiger partial charge is 0.115 e. The third-order valence-corrected chi connectivity index (χ3v) is 5.31. The van der Waals surface area contributed by atoms with E-state index in [0.717, 1.165) is 18.8 Å². The van der Waals surface area contributed by atoms with Gasteiger partial charge in [-0.1, -0.05) is 114 Å². The molecule has 0 aromatic carbocycles. The number of hydrogen-bond acceptors (Lipinski definition) is 0. The van der Waals surface area contributed by atoms with Crippen molar-refractivity contribution in [2.45, 2.75) is 116 Å². The quantitative estimate of drug-likeness (QED) is 0.158. The molecule has 0 N–H and O–H groups in total. The fourth-order valence-electron chi connectivity index (χ4n) is 3.55. The van der Waals surface area contributed by atoms with Crippen LogP contribution in [0.2, 0.25) is 0 Å². The zero-order valence-electron chi connectivity index (χ0n) is 18.1. The first-order valence-electron chi connectivity index (χ1n) is 11.5. The van der Waals surface area contributed by atoms with Crippen LogP contribution in [0.3, 0.4) is 0 Å². The number of hydrogen-bond donors (Lipinski definition) is 0. The van der Waals surface area contributed by atoms with E-state index in [9.17, 15) is 0 Å². The Morgan fingerprint density at radius 3 is 1.33 bits per heavy atom. The van der Waals surface area contributed by atoms with E-state index in [1.54, 1.807) is 0 Å². The van der Waals surface area contributed by atoms with Crippen LogP contribution in [-0.2, 0) is 0 Å². The second kappa shape index (κ2) is 22.6. The summed E-state index contributed by atoms with van der Waals surface area (Å²) in [5.41, 5.74) is 0. The molecule has 0 saturated heterocycles. The normalized spacial score (nSPS) is 12.4. The third-order valence-electron chi connectivity index (χ3n) is 5.31. The molecule has 1 unspecified atom stereocenters. The van der Waals surface area contributed by atoms with E-state index in [1.807, 2.05) is 12.2 Å². The van der Waals surface area contributed by atoms with Crippen molar-refractivity contribution in [3.05, 3.63) is 24.3 Å². The van der Waals surface area contributed by atoms with E-state index in [-0.39, 0.29) is 0 Å². The van der Waals surface area contributed by atoms with Crippen LogP contribution in [-0.4, -0.2) is 0 Å². The Morgan fingerprint density at radius 1 is 0.556 bits per heavy atom. The predicted octanol–water partition coefficient (Wildman–Crippen LogP) is 8.63. The molecule has 0 amide bonds. The Bertz CT molecular complexity index is 426. The minimum Gasteiger partial charge on any atom is -0.115 e. The first-order chi connectivity index (χ1) is 13.3. The number of terminal acetylenes is 2. The molecule has 0 radical (unpaired) electrons. The lowest BCUT2D eigenvalue weighted by Crippen LogP contribution is -1.95. The monoisotopic (exact) mass is 368 g/mol. The molecule has 0 aromatic rings. The van der Waals surface area contributed by atoms with Crippen LogP contribution >= 0.6 is 0 Å². The summed E-state index contributed by atoms with van der Waals surface area (Å²) in [5, 5.41) is 0. The molecule has 27 heavy (non-hydrogen) atoms. The van der Waals surface area contributed by atoms with Gasteiger partial charge >= 0.3 is 0 Å². The summed E-state index contributed by atoms with van der Waals surface area (Å²) in [5.74, 6) is 5.99. The van der Waals surface area contributed by atoms with Gasteiger partial charge in [0, 0.05) is 0 Å². The lowest BCUT2D eigenvalue weighted by Gasteiger charge is -2.10. The smallest absolute Gasteiger partial charge is 0.0162 e. The lowest BCUT2D eigenvalue weighted by molar-refractivity contribution is 0.437. The van der Waals surface area contributed by atoms with E-state index in [0.29, 0.717) is 0 Å². The molecular formula is C27H44. The molecule has 0 bridgehead atoms. The molecule has 0 aliphatic carbocycles. The molecule has 152 valence electrons. The minimum atomic E-state index is 0.892. The minimum absolute atomic E-state index is 0.892. The lowest BCUT2D eigenvalue weighted by atomic mass is 9.96. The standard InChI is InChI=1S/C27H44/c1-4-6-8-10-12-13-14-15-16-17-18-19-20-22-24-26-27(3)25-23-21-11-9-7-5-2/h1-2,6-9,27H,10-26H2,3H3. The van der Waals surface area contributed by atoms with Crippen molar-refractivity contribution in [3.8, 4) is 24.7 Å². The topological polar surface area (TPSA) is 0 Å². The number of allylic oxidation sites excluding steroid dienone is 4. The summed E-state index contributed by atoms with van der Waals surface area (Å²) in [6.45, 7) is 2.42. The van der Waals surface area contributed by atoms with Crippen molar-refractivity contribution < 1.29 is 0 Å². The summed E-state index contributed by atoms with van der Waals surface area (Å²) in [6.07, 6.45) is 41.4. The van der Waals surface area contributed by atoms with Crippen molar-refractivity contribution in [2.24, 2.45) is 5.92 Å². The molecule has 0 spiro atoms. The summed E-state index contributed by atoms with van der Waals surface area (Å²) >= 11 is 0. The van der Waals surface area contributed by atoms with Gasteiger partial charge in [-0.15, -0.1) is 12.8 Å². The van der Waals surface area contributed by atoms with Crippen LogP contribution in [0.25, 0.3) is 0 Å². The molecule has 1 atom stereocenters. The van der Waals surface area contributed by atoms with Crippen molar-refractivity contribution in [1.29, 1.82) is 0 Å². The predicted molar refractivity (Wildman–Crippen MR) is 124 cm³/mol. The average Bonchev–Trinajstić information content (AvgIpc) is 2.67. The Labute approximate surface area is 171 Å². The first kappa shape index (κ1) is 25.6. The zero-order chi connectivity index (χ0) is 19.8. The van der Waals surface area contributed by atoms with E-state index >= 15 is 0 Å². The van der Waals surface area contributed by atoms with E-state index in [1.165, 1.54) is 96.3 Å². The highest BCUT2D eigenvalue weighted by atomic mass is 14.1. The van der Waals surface area contributed by atoms with E-state index < -0.39 is 0 Å². The molecule has 0 fully saturated rings. The highest BCUT2D eigenvalue weighted by molar-refractivity contribution is 5.08. The summed E-state index contributed by atoms with van der Waals surface area (Å²) in [6, 6.07) is 0. The fraction of sp³-hybridized carbons (Fsp3) is 0.704. The SMILES string of the molecule is C#CC=CCCCCCCCCCCCCCC(C)CCCCC=CC#C. The zero-order valence-corrected chi connectivity index (χ0v) is 18.1. The molecule has 0 heteroatoms. The summed E-state index contributed by atoms with van der Waals surface area (Å²) < 4.78 is 0. The van der Waals surface area contributed by atoms with Crippen molar-refractivity contribution >= 4 is 0 Å². The Balaban J connectivity index is 3.18. The van der Waals surface area contributed by atoms with Crippen LogP contribution in [0.15, 0.2) is 24.3 Å². The second-order valence-electron chi connectivity index (χ2n) is 7.99. The maximum absolute atomic E-state index is 5.20. The molecule has 0 saturated carbocycles. The molecule has 0 aliphatic heterocycles. The molecule has 0 nitrogen and oxygen atoms in total. The second-order valence-corrected chi connectivity index (χ2v) is 7.99. The molecule has 0 aromatic heterocycles. The van der Waals surface area contributed by atoms with Gasteiger partial charge in [0.25, 0.3) is 0 Å². The van der Waals surface area contributed by atoms with E-state index in [4.69, 9.17) is 12.8 Å². The maximum atomic E-state index is 5.20. The van der Waals surface area contributed by atoms with Gasteiger partial charge < -0.3 is 0 Å². The Morgan fingerprint density at radius 2 is 0.889 bits per heavy atom. The van der Waals surface area contributed by atoms with Crippen LogP contribution in [0.5, 0.6) is 0 Å². The van der Waals surface area contributed by atoms with Gasteiger partial charge in [0.1, 0.15) is 0 Å². The van der Waals surface area contributed by atoms with Crippen LogP contribution < -0.4 is 0 Å². The van der Waals surface area contributed by atoms with Gasteiger partial charge in [-0.2, -0.15) is 0 Å². The van der Waals surface area contributed by atoms with Crippen LogP contribution in [0, 0.1) is 30.6 Å². The summed E-state index contributed by atoms with van der Waals surface area (Å²) in [4.78, 5) is 0. The number of rotatable bonds is 19. The maximum Gasteiger partial charge on any atom is -0.0162 e. The van der Waals surface area contributed by atoms with Crippen molar-refractivity contribution in [1.82, 2.24) is 0 Å². The van der Waals surface area contributed by atoms with Gasteiger partial charge in [0.15, 0.2) is 0 Å². The third kappa shape index (κ3) is 22.6. The van der Waals surface area contributed by atoms with Crippen LogP contribution in [0.1, 0.15) is 116 Å². The Kier molecular flexibility index (Phi) is 21.5. The van der Waals surface area contributed by atoms with Gasteiger partial charge in [0.2, 0.25) is 0 Å². The van der Waals surface area contributed by atoms with E-state index in [2.05, 4.69) is 30.9 Å². The van der Waals surface area contributed by atoms with Gasteiger partial charge in [-0.05, 0) is 43.8 Å².